The number of fused-ring (bicyclic) bond motifs is 1. The molecule has 2 aromatic rings. The molecule has 1 atom stereocenters. The van der Waals surface area contributed by atoms with Crippen LogP contribution in [0.1, 0.15) is 22.8 Å². The Kier molecular flexibility index (Phi) is 2.87. The molecule has 19 heavy (non-hydrogen) atoms. The van der Waals surface area contributed by atoms with Crippen LogP contribution < -0.4 is 10.1 Å². The SMILES string of the molecule is CC1Cc2cc(NC(=O)c3ccnnc3)ccc2O1. The van der Waals surface area contributed by atoms with Gasteiger partial charge >= 0.3 is 0 Å². The molecular formula is C14H13N3O2. The zero-order chi connectivity index (χ0) is 13.2. The first kappa shape index (κ1) is 11.6. The Morgan fingerprint density at radius 3 is 3.05 bits per heavy atom. The van der Waals surface area contributed by atoms with Crippen molar-refractivity contribution in [3.63, 3.8) is 0 Å². The first-order valence-corrected chi connectivity index (χ1v) is 6.10. The van der Waals surface area contributed by atoms with Crippen LogP contribution in [0.4, 0.5) is 5.69 Å². The third-order valence-corrected chi connectivity index (χ3v) is 3.00. The lowest BCUT2D eigenvalue weighted by molar-refractivity contribution is 0.102. The molecule has 1 aromatic carbocycles. The zero-order valence-corrected chi connectivity index (χ0v) is 10.5. The number of aromatic nitrogens is 2. The monoisotopic (exact) mass is 255 g/mol. The molecule has 0 saturated heterocycles. The molecule has 1 aliphatic rings. The van der Waals surface area contributed by atoms with Gasteiger partial charge in [-0.15, -0.1) is 0 Å². The number of rotatable bonds is 2. The van der Waals surface area contributed by atoms with E-state index in [0.29, 0.717) is 5.56 Å². The standard InChI is InChI=1S/C14H13N3O2/c1-9-6-11-7-12(2-3-13(11)19-9)17-14(18)10-4-5-15-16-8-10/h2-5,7-9H,6H2,1H3,(H,17,18). The highest BCUT2D eigenvalue weighted by Gasteiger charge is 2.19. The van der Waals surface area contributed by atoms with Gasteiger partial charge in [-0.05, 0) is 36.8 Å². The van der Waals surface area contributed by atoms with Gasteiger partial charge in [0.2, 0.25) is 0 Å². The predicted octanol–water partition coefficient (Wildman–Crippen LogP) is 2.05. The van der Waals surface area contributed by atoms with E-state index in [1.165, 1.54) is 12.4 Å². The van der Waals surface area contributed by atoms with Crippen LogP contribution in [-0.2, 0) is 6.42 Å². The zero-order valence-electron chi connectivity index (χ0n) is 10.5. The highest BCUT2D eigenvalue weighted by molar-refractivity contribution is 6.04. The Hall–Kier alpha value is -2.43. The molecule has 0 bridgehead atoms. The molecule has 1 aliphatic heterocycles. The summed E-state index contributed by atoms with van der Waals surface area (Å²) in [5, 5.41) is 10.2. The summed E-state index contributed by atoms with van der Waals surface area (Å²) in [6.45, 7) is 2.03. The molecule has 0 aliphatic carbocycles. The van der Waals surface area contributed by atoms with Crippen LogP contribution >= 0.6 is 0 Å². The van der Waals surface area contributed by atoms with Gasteiger partial charge in [-0.3, -0.25) is 4.79 Å². The first-order valence-electron chi connectivity index (χ1n) is 6.10. The van der Waals surface area contributed by atoms with Crippen molar-refractivity contribution in [3.8, 4) is 5.75 Å². The average molecular weight is 255 g/mol. The maximum atomic E-state index is 12.0. The van der Waals surface area contributed by atoms with Crippen LogP contribution in [0, 0.1) is 0 Å². The summed E-state index contributed by atoms with van der Waals surface area (Å²) < 4.78 is 5.62. The van der Waals surface area contributed by atoms with E-state index >= 15 is 0 Å². The van der Waals surface area contributed by atoms with E-state index in [4.69, 9.17) is 4.74 Å². The van der Waals surface area contributed by atoms with E-state index in [-0.39, 0.29) is 12.0 Å². The van der Waals surface area contributed by atoms with Gasteiger partial charge < -0.3 is 10.1 Å². The van der Waals surface area contributed by atoms with Gasteiger partial charge in [0.25, 0.3) is 5.91 Å². The van der Waals surface area contributed by atoms with Crippen LogP contribution in [0.5, 0.6) is 5.75 Å². The number of ether oxygens (including phenoxy) is 1. The van der Waals surface area contributed by atoms with Crippen molar-refractivity contribution in [2.45, 2.75) is 19.4 Å². The minimum atomic E-state index is -0.193. The summed E-state index contributed by atoms with van der Waals surface area (Å²) in [7, 11) is 0. The number of carbonyl (C=O) groups is 1. The molecule has 96 valence electrons. The number of nitrogens with zero attached hydrogens (tertiary/aromatic N) is 2. The summed E-state index contributed by atoms with van der Waals surface area (Å²) in [4.78, 5) is 12.0. The normalized spacial score (nSPS) is 16.6. The van der Waals surface area contributed by atoms with Gasteiger partial charge in [0.1, 0.15) is 11.9 Å². The van der Waals surface area contributed by atoms with Crippen molar-refractivity contribution in [1.82, 2.24) is 10.2 Å². The summed E-state index contributed by atoms with van der Waals surface area (Å²) in [5.41, 5.74) is 2.37. The van der Waals surface area contributed by atoms with Crippen molar-refractivity contribution in [3.05, 3.63) is 47.8 Å². The molecule has 0 radical (unpaired) electrons. The highest BCUT2D eigenvalue weighted by atomic mass is 16.5. The van der Waals surface area contributed by atoms with E-state index in [1.54, 1.807) is 6.07 Å². The van der Waals surface area contributed by atoms with Crippen molar-refractivity contribution in [2.75, 3.05) is 5.32 Å². The molecule has 5 nitrogen and oxygen atoms in total. The van der Waals surface area contributed by atoms with E-state index in [2.05, 4.69) is 15.5 Å². The lowest BCUT2D eigenvalue weighted by Gasteiger charge is -2.06. The lowest BCUT2D eigenvalue weighted by Crippen LogP contribution is -2.12. The second-order valence-electron chi connectivity index (χ2n) is 4.54. The Morgan fingerprint density at radius 2 is 2.26 bits per heavy atom. The number of nitrogens with one attached hydrogen (secondary N) is 1. The fourth-order valence-corrected chi connectivity index (χ4v) is 2.13. The van der Waals surface area contributed by atoms with Gasteiger partial charge in [0, 0.05) is 12.1 Å². The van der Waals surface area contributed by atoms with Gasteiger partial charge in [-0.1, -0.05) is 0 Å². The van der Waals surface area contributed by atoms with Crippen LogP contribution in [0.25, 0.3) is 0 Å². The number of anilines is 1. The molecule has 2 heterocycles. The maximum Gasteiger partial charge on any atom is 0.257 e. The summed E-state index contributed by atoms with van der Waals surface area (Å²) in [6.07, 6.45) is 4.00. The molecule has 5 heteroatoms. The number of hydrogen-bond acceptors (Lipinski definition) is 4. The largest absolute Gasteiger partial charge is 0.490 e. The third-order valence-electron chi connectivity index (χ3n) is 3.00. The van der Waals surface area contributed by atoms with E-state index in [0.717, 1.165) is 23.4 Å². The van der Waals surface area contributed by atoms with Crippen molar-refractivity contribution in [2.24, 2.45) is 0 Å². The van der Waals surface area contributed by atoms with Gasteiger partial charge in [-0.2, -0.15) is 10.2 Å². The number of amides is 1. The fourth-order valence-electron chi connectivity index (χ4n) is 2.13. The quantitative estimate of drug-likeness (QED) is 0.892. The van der Waals surface area contributed by atoms with Crippen molar-refractivity contribution >= 4 is 11.6 Å². The minimum absolute atomic E-state index is 0.193. The number of hydrogen-bond donors (Lipinski definition) is 1. The molecule has 1 unspecified atom stereocenters. The van der Waals surface area contributed by atoms with Crippen LogP contribution in [-0.4, -0.2) is 22.2 Å². The van der Waals surface area contributed by atoms with Crippen molar-refractivity contribution < 1.29 is 9.53 Å². The first-order chi connectivity index (χ1) is 9.22. The Bertz CT molecular complexity index is 613. The van der Waals surface area contributed by atoms with Gasteiger partial charge in [0.05, 0.1) is 18.0 Å². The molecule has 1 amide bonds. The molecule has 3 rings (SSSR count). The average Bonchev–Trinajstić information content (AvgIpc) is 2.79. The van der Waals surface area contributed by atoms with Crippen LogP contribution in [0.2, 0.25) is 0 Å². The van der Waals surface area contributed by atoms with E-state index < -0.39 is 0 Å². The molecule has 0 saturated carbocycles. The fraction of sp³-hybridized carbons (Fsp3) is 0.214. The topological polar surface area (TPSA) is 64.1 Å². The molecule has 1 aromatic heterocycles. The number of benzene rings is 1. The minimum Gasteiger partial charge on any atom is -0.490 e. The third kappa shape index (κ3) is 2.40. The number of carbonyl (C=O) groups excluding carboxylic acids is 1. The Balaban J connectivity index is 1.78. The Morgan fingerprint density at radius 1 is 1.37 bits per heavy atom. The molecule has 0 fully saturated rings. The van der Waals surface area contributed by atoms with Gasteiger partial charge in [-0.25, -0.2) is 0 Å². The Labute approximate surface area is 110 Å². The van der Waals surface area contributed by atoms with E-state index in [1.807, 2.05) is 25.1 Å². The lowest BCUT2D eigenvalue weighted by atomic mass is 10.1. The smallest absolute Gasteiger partial charge is 0.257 e. The summed E-state index contributed by atoms with van der Waals surface area (Å²) in [5.74, 6) is 0.706. The van der Waals surface area contributed by atoms with Gasteiger partial charge in [0.15, 0.2) is 0 Å². The van der Waals surface area contributed by atoms with Crippen molar-refractivity contribution in [1.29, 1.82) is 0 Å². The molecule has 1 N–H and O–H groups in total. The van der Waals surface area contributed by atoms with Crippen LogP contribution in [0.3, 0.4) is 0 Å². The maximum absolute atomic E-state index is 12.0. The summed E-state index contributed by atoms with van der Waals surface area (Å²) >= 11 is 0. The highest BCUT2D eigenvalue weighted by Crippen LogP contribution is 2.31. The van der Waals surface area contributed by atoms with Crippen LogP contribution in [0.15, 0.2) is 36.7 Å². The second kappa shape index (κ2) is 4.68. The summed E-state index contributed by atoms with van der Waals surface area (Å²) in [6, 6.07) is 7.30. The molecule has 0 spiro atoms. The predicted molar refractivity (Wildman–Crippen MR) is 70.2 cm³/mol. The molecular weight excluding hydrogens is 242 g/mol. The second-order valence-corrected chi connectivity index (χ2v) is 4.54. The van der Waals surface area contributed by atoms with E-state index in [9.17, 15) is 4.79 Å².